The first-order chi connectivity index (χ1) is 7.59. The maximum absolute atomic E-state index is 5.82. The molecule has 0 unspecified atom stereocenters. The summed E-state index contributed by atoms with van der Waals surface area (Å²) in [5.41, 5.74) is 1.26. The van der Waals surface area contributed by atoms with Gasteiger partial charge in [0.2, 0.25) is 9.04 Å². The summed E-state index contributed by atoms with van der Waals surface area (Å²) >= 11 is 0. The van der Waals surface area contributed by atoms with Gasteiger partial charge in [-0.15, -0.1) is 6.58 Å². The minimum atomic E-state index is -0.735. The average Bonchev–Trinajstić information content (AvgIpc) is 2.21. The third-order valence-electron chi connectivity index (χ3n) is 1.98. The first-order valence-corrected chi connectivity index (χ1v) is 7.29. The van der Waals surface area contributed by atoms with Crippen molar-refractivity contribution in [2.75, 3.05) is 19.8 Å². The minimum absolute atomic E-state index is 0.459. The van der Waals surface area contributed by atoms with Crippen LogP contribution in [0.2, 0.25) is 11.1 Å². The predicted octanol–water partition coefficient (Wildman–Crippen LogP) is 3.02. The van der Waals surface area contributed by atoms with Gasteiger partial charge >= 0.3 is 0 Å². The van der Waals surface area contributed by atoms with Gasteiger partial charge in [0.05, 0.1) is 13.2 Å². The molecule has 0 aliphatic carbocycles. The second kappa shape index (κ2) is 9.65. The summed E-state index contributed by atoms with van der Waals surface area (Å²) in [4.78, 5) is 0. The monoisotopic (exact) mass is 239 g/mol. The van der Waals surface area contributed by atoms with Crippen LogP contribution in [0.3, 0.4) is 0 Å². The molecule has 0 fully saturated rings. The van der Waals surface area contributed by atoms with Gasteiger partial charge in [0.1, 0.15) is 6.61 Å². The number of rotatable bonds is 7. The Kier molecular flexibility index (Phi) is 9.31. The fraction of sp³-hybridized carbons (Fsp3) is 0.692. The highest BCUT2D eigenvalue weighted by molar-refractivity contribution is 6.55. The van der Waals surface area contributed by atoms with Crippen molar-refractivity contribution in [1.29, 1.82) is 0 Å². The summed E-state index contributed by atoms with van der Waals surface area (Å²) in [5.74, 6) is 5.90. The Labute approximate surface area is 102 Å². The SMILES string of the molecule is C=CCOCC#CCO[Si](C(C)C)C(C)C. The number of hydrogen-bond acceptors (Lipinski definition) is 2. The molecule has 0 rings (SSSR count). The molecule has 0 amide bonds. The Hall–Kier alpha value is -0.563. The Bertz CT molecular complexity index is 230. The quantitative estimate of drug-likeness (QED) is 0.294. The van der Waals surface area contributed by atoms with Crippen LogP contribution in [0.5, 0.6) is 0 Å². The Morgan fingerprint density at radius 1 is 1.12 bits per heavy atom. The van der Waals surface area contributed by atoms with E-state index >= 15 is 0 Å². The average molecular weight is 239 g/mol. The zero-order chi connectivity index (χ0) is 12.4. The molecule has 0 aliphatic rings. The molecule has 0 heterocycles. The highest BCUT2D eigenvalue weighted by Gasteiger charge is 2.21. The molecule has 0 spiro atoms. The van der Waals surface area contributed by atoms with Crippen LogP contribution in [-0.2, 0) is 9.16 Å². The molecule has 0 aliphatic heterocycles. The van der Waals surface area contributed by atoms with Crippen molar-refractivity contribution in [2.24, 2.45) is 0 Å². The predicted molar refractivity (Wildman–Crippen MR) is 70.7 cm³/mol. The Morgan fingerprint density at radius 3 is 2.19 bits per heavy atom. The smallest absolute Gasteiger partial charge is 0.218 e. The lowest BCUT2D eigenvalue weighted by Gasteiger charge is -2.20. The van der Waals surface area contributed by atoms with Gasteiger partial charge in [0.15, 0.2) is 0 Å². The molecule has 91 valence electrons. The van der Waals surface area contributed by atoms with Gasteiger partial charge in [-0.25, -0.2) is 0 Å². The van der Waals surface area contributed by atoms with E-state index in [0.717, 1.165) is 0 Å². The van der Waals surface area contributed by atoms with E-state index in [2.05, 4.69) is 46.1 Å². The molecule has 0 atom stereocenters. The van der Waals surface area contributed by atoms with Gasteiger partial charge < -0.3 is 9.16 Å². The molecule has 0 aromatic carbocycles. The number of hydrogen-bond donors (Lipinski definition) is 0. The van der Waals surface area contributed by atoms with Crippen molar-refractivity contribution in [3.8, 4) is 11.8 Å². The lowest BCUT2D eigenvalue weighted by atomic mass is 10.5. The summed E-state index contributed by atoms with van der Waals surface area (Å²) in [6.07, 6.45) is 1.72. The summed E-state index contributed by atoms with van der Waals surface area (Å²) in [6.45, 7) is 14.0. The largest absolute Gasteiger partial charge is 0.405 e. The molecule has 0 aromatic heterocycles. The summed E-state index contributed by atoms with van der Waals surface area (Å²) in [6, 6.07) is 0. The van der Waals surface area contributed by atoms with E-state index < -0.39 is 9.04 Å². The molecule has 2 nitrogen and oxygen atoms in total. The summed E-state index contributed by atoms with van der Waals surface area (Å²) in [7, 11) is -0.735. The topological polar surface area (TPSA) is 18.5 Å². The maximum Gasteiger partial charge on any atom is 0.218 e. The van der Waals surface area contributed by atoms with Crippen LogP contribution in [0.4, 0.5) is 0 Å². The molecule has 0 saturated carbocycles. The van der Waals surface area contributed by atoms with Crippen LogP contribution < -0.4 is 0 Å². The summed E-state index contributed by atoms with van der Waals surface area (Å²) in [5, 5.41) is 0. The second-order valence-corrected chi connectivity index (χ2v) is 7.56. The molecule has 3 heteroatoms. The lowest BCUT2D eigenvalue weighted by molar-refractivity contribution is 0.199. The van der Waals surface area contributed by atoms with E-state index in [1.165, 1.54) is 0 Å². The molecule has 0 saturated heterocycles. The second-order valence-electron chi connectivity index (χ2n) is 4.16. The van der Waals surface area contributed by atoms with E-state index in [0.29, 0.717) is 30.9 Å². The molecular formula is C13H23O2Si. The molecule has 0 aromatic rings. The maximum atomic E-state index is 5.82. The first-order valence-electron chi connectivity index (χ1n) is 5.73. The van der Waals surface area contributed by atoms with Gasteiger partial charge in [-0.3, -0.25) is 0 Å². The normalized spacial score (nSPS) is 10.7. The van der Waals surface area contributed by atoms with Crippen molar-refractivity contribution >= 4 is 9.04 Å². The van der Waals surface area contributed by atoms with Crippen LogP contribution >= 0.6 is 0 Å². The van der Waals surface area contributed by atoms with Crippen molar-refractivity contribution in [3.05, 3.63) is 12.7 Å². The number of ether oxygens (including phenoxy) is 1. The standard InChI is InChI=1S/C13H23O2Si/c1-6-9-14-10-7-8-11-15-16(12(2)3)13(4)5/h6,12-13H,1,9-11H2,2-5H3. The van der Waals surface area contributed by atoms with E-state index in [1.807, 2.05) is 0 Å². The van der Waals surface area contributed by atoms with Gasteiger partial charge in [0.25, 0.3) is 0 Å². The van der Waals surface area contributed by atoms with Gasteiger partial charge in [0, 0.05) is 0 Å². The van der Waals surface area contributed by atoms with Crippen molar-refractivity contribution in [1.82, 2.24) is 0 Å². The van der Waals surface area contributed by atoms with Crippen molar-refractivity contribution in [2.45, 2.75) is 38.8 Å². The first kappa shape index (κ1) is 15.4. The van der Waals surface area contributed by atoms with Crippen LogP contribution in [0, 0.1) is 11.8 Å². The molecular weight excluding hydrogens is 216 g/mol. The van der Waals surface area contributed by atoms with Crippen LogP contribution in [0.25, 0.3) is 0 Å². The molecule has 16 heavy (non-hydrogen) atoms. The zero-order valence-corrected chi connectivity index (χ0v) is 11.9. The molecule has 0 bridgehead atoms. The van der Waals surface area contributed by atoms with Gasteiger partial charge in [-0.2, -0.15) is 0 Å². The third-order valence-corrected chi connectivity index (χ3v) is 4.74. The zero-order valence-electron chi connectivity index (χ0n) is 10.9. The van der Waals surface area contributed by atoms with Gasteiger partial charge in [-0.05, 0) is 11.1 Å². The van der Waals surface area contributed by atoms with Crippen molar-refractivity contribution < 1.29 is 9.16 Å². The Balaban J connectivity index is 3.72. The van der Waals surface area contributed by atoms with E-state index in [4.69, 9.17) is 9.16 Å². The fourth-order valence-corrected chi connectivity index (χ4v) is 3.65. The van der Waals surface area contributed by atoms with Crippen LogP contribution in [-0.4, -0.2) is 28.9 Å². The minimum Gasteiger partial charge on any atom is -0.405 e. The van der Waals surface area contributed by atoms with Crippen LogP contribution in [0.1, 0.15) is 27.7 Å². The highest BCUT2D eigenvalue weighted by Crippen LogP contribution is 2.20. The fourth-order valence-electron chi connectivity index (χ4n) is 1.41. The summed E-state index contributed by atoms with van der Waals surface area (Å²) < 4.78 is 11.0. The van der Waals surface area contributed by atoms with Crippen molar-refractivity contribution in [3.63, 3.8) is 0 Å². The molecule has 0 N–H and O–H groups in total. The van der Waals surface area contributed by atoms with Gasteiger partial charge in [-0.1, -0.05) is 45.6 Å². The third kappa shape index (κ3) is 7.69. The van der Waals surface area contributed by atoms with E-state index in [9.17, 15) is 0 Å². The lowest BCUT2D eigenvalue weighted by Crippen LogP contribution is -2.25. The van der Waals surface area contributed by atoms with E-state index in [1.54, 1.807) is 6.08 Å². The van der Waals surface area contributed by atoms with Crippen LogP contribution in [0.15, 0.2) is 12.7 Å². The molecule has 1 radical (unpaired) electrons. The van der Waals surface area contributed by atoms with E-state index in [-0.39, 0.29) is 0 Å². The Morgan fingerprint density at radius 2 is 1.69 bits per heavy atom. The highest BCUT2D eigenvalue weighted by atomic mass is 28.3.